The van der Waals surface area contributed by atoms with Crippen molar-refractivity contribution in [3.63, 3.8) is 0 Å². The average Bonchev–Trinajstić information content (AvgIpc) is 3.14. The normalized spacial score (nSPS) is 26.0. The van der Waals surface area contributed by atoms with Crippen LogP contribution in [-0.4, -0.2) is 53.2 Å². The first-order valence-electron chi connectivity index (χ1n) is 8.66. The number of hydrogen-bond donors (Lipinski definition) is 2. The minimum absolute atomic E-state index is 0.0112. The molecule has 0 radical (unpaired) electrons. The molecule has 6 heteroatoms. The number of para-hydroxylation sites is 1. The third-order valence-corrected chi connectivity index (χ3v) is 5.80. The molecule has 0 saturated carbocycles. The number of aromatic nitrogens is 1. The number of hydrogen-bond acceptors (Lipinski definition) is 3. The van der Waals surface area contributed by atoms with Crippen molar-refractivity contribution >= 4 is 22.8 Å². The zero-order valence-corrected chi connectivity index (χ0v) is 14.2. The molecule has 2 fully saturated rings. The van der Waals surface area contributed by atoms with Gasteiger partial charge in [0, 0.05) is 36.3 Å². The second-order valence-electron chi connectivity index (χ2n) is 7.22. The molecule has 3 heterocycles. The highest BCUT2D eigenvalue weighted by Crippen LogP contribution is 2.42. The molecule has 2 aliphatic heterocycles. The number of carbonyl (C=O) groups excluding carboxylic acids is 1. The SMILES string of the molecule is Cc1[nH]c2ccccc2c1CC(=O)N1C[C@@H]2CCOC[C@]2(C(=O)O)C1. The van der Waals surface area contributed by atoms with Crippen LogP contribution in [0.25, 0.3) is 10.9 Å². The van der Waals surface area contributed by atoms with E-state index in [1.165, 1.54) is 0 Å². The fourth-order valence-electron chi connectivity index (χ4n) is 4.31. The van der Waals surface area contributed by atoms with Crippen molar-refractivity contribution in [2.75, 3.05) is 26.3 Å². The molecule has 0 bridgehead atoms. The van der Waals surface area contributed by atoms with E-state index in [2.05, 4.69) is 4.98 Å². The number of nitrogens with one attached hydrogen (secondary N) is 1. The van der Waals surface area contributed by atoms with Gasteiger partial charge in [0.1, 0.15) is 5.41 Å². The minimum Gasteiger partial charge on any atom is -0.481 e. The molecule has 4 rings (SSSR count). The molecule has 1 amide bonds. The molecule has 1 aromatic heterocycles. The number of aromatic amines is 1. The predicted molar refractivity (Wildman–Crippen MR) is 92.3 cm³/mol. The summed E-state index contributed by atoms with van der Waals surface area (Å²) in [6.45, 7) is 3.49. The number of fused-ring (bicyclic) bond motifs is 2. The zero-order valence-electron chi connectivity index (χ0n) is 14.2. The van der Waals surface area contributed by atoms with Crippen molar-refractivity contribution < 1.29 is 19.4 Å². The molecule has 0 aliphatic carbocycles. The van der Waals surface area contributed by atoms with E-state index in [0.29, 0.717) is 26.0 Å². The molecule has 25 heavy (non-hydrogen) atoms. The molecular formula is C19H22N2O4. The summed E-state index contributed by atoms with van der Waals surface area (Å²) in [7, 11) is 0. The van der Waals surface area contributed by atoms with Crippen LogP contribution in [0.5, 0.6) is 0 Å². The molecule has 1 aromatic carbocycles. The molecule has 2 atom stereocenters. The van der Waals surface area contributed by atoms with Crippen LogP contribution >= 0.6 is 0 Å². The van der Waals surface area contributed by atoms with E-state index in [0.717, 1.165) is 22.2 Å². The predicted octanol–water partition coefficient (Wildman–Crippen LogP) is 1.97. The Morgan fingerprint density at radius 1 is 1.40 bits per heavy atom. The lowest BCUT2D eigenvalue weighted by molar-refractivity contribution is -0.159. The van der Waals surface area contributed by atoms with Gasteiger partial charge in [-0.15, -0.1) is 0 Å². The smallest absolute Gasteiger partial charge is 0.314 e. The maximum absolute atomic E-state index is 12.9. The first-order valence-corrected chi connectivity index (χ1v) is 8.66. The second-order valence-corrected chi connectivity index (χ2v) is 7.22. The number of likely N-dealkylation sites (tertiary alicyclic amines) is 1. The lowest BCUT2D eigenvalue weighted by Crippen LogP contribution is -2.46. The topological polar surface area (TPSA) is 82.6 Å². The van der Waals surface area contributed by atoms with E-state index in [9.17, 15) is 14.7 Å². The molecule has 0 spiro atoms. The molecule has 132 valence electrons. The summed E-state index contributed by atoms with van der Waals surface area (Å²) in [5.74, 6) is -0.884. The third-order valence-electron chi connectivity index (χ3n) is 5.80. The van der Waals surface area contributed by atoms with Crippen LogP contribution < -0.4 is 0 Å². The number of carbonyl (C=O) groups is 2. The number of rotatable bonds is 3. The van der Waals surface area contributed by atoms with Gasteiger partial charge in [0.05, 0.1) is 13.0 Å². The Labute approximate surface area is 145 Å². The maximum atomic E-state index is 12.9. The highest BCUT2D eigenvalue weighted by atomic mass is 16.5. The van der Waals surface area contributed by atoms with Gasteiger partial charge >= 0.3 is 5.97 Å². The summed E-state index contributed by atoms with van der Waals surface area (Å²) in [6.07, 6.45) is 0.987. The molecule has 2 N–H and O–H groups in total. The van der Waals surface area contributed by atoms with Crippen molar-refractivity contribution in [1.82, 2.24) is 9.88 Å². The summed E-state index contributed by atoms with van der Waals surface area (Å²) in [4.78, 5) is 29.8. The van der Waals surface area contributed by atoms with Gasteiger partial charge in [-0.3, -0.25) is 9.59 Å². The van der Waals surface area contributed by atoms with Gasteiger partial charge in [-0.25, -0.2) is 0 Å². The highest BCUT2D eigenvalue weighted by molar-refractivity contribution is 5.90. The number of nitrogens with zero attached hydrogens (tertiary/aromatic N) is 1. The number of benzene rings is 1. The number of aliphatic carboxylic acids is 1. The summed E-state index contributed by atoms with van der Waals surface area (Å²) in [5, 5.41) is 10.8. The largest absolute Gasteiger partial charge is 0.481 e. The minimum atomic E-state index is -0.941. The summed E-state index contributed by atoms with van der Waals surface area (Å²) < 4.78 is 5.43. The first-order chi connectivity index (χ1) is 12.0. The number of H-pyrrole nitrogens is 1. The number of aryl methyl sites for hydroxylation is 1. The van der Waals surface area contributed by atoms with Crippen LogP contribution in [0.2, 0.25) is 0 Å². The van der Waals surface area contributed by atoms with Gasteiger partial charge in [0.25, 0.3) is 0 Å². The van der Waals surface area contributed by atoms with Crippen molar-refractivity contribution in [2.45, 2.75) is 19.8 Å². The molecular weight excluding hydrogens is 320 g/mol. The Bertz CT molecular complexity index is 843. The Morgan fingerprint density at radius 3 is 2.96 bits per heavy atom. The molecule has 2 aliphatic rings. The van der Waals surface area contributed by atoms with Crippen LogP contribution in [0.4, 0.5) is 0 Å². The van der Waals surface area contributed by atoms with Crippen molar-refractivity contribution in [2.24, 2.45) is 11.3 Å². The second kappa shape index (κ2) is 5.88. The third kappa shape index (κ3) is 2.52. The van der Waals surface area contributed by atoms with Gasteiger partial charge in [-0.2, -0.15) is 0 Å². The van der Waals surface area contributed by atoms with Gasteiger partial charge in [0.2, 0.25) is 5.91 Å². The molecule has 6 nitrogen and oxygen atoms in total. The Balaban J connectivity index is 1.57. The van der Waals surface area contributed by atoms with Gasteiger partial charge < -0.3 is 19.7 Å². The van der Waals surface area contributed by atoms with Crippen LogP contribution in [0.15, 0.2) is 24.3 Å². The molecule has 2 aromatic rings. The van der Waals surface area contributed by atoms with E-state index >= 15 is 0 Å². The fraction of sp³-hybridized carbons (Fsp3) is 0.474. The van der Waals surface area contributed by atoms with E-state index < -0.39 is 11.4 Å². The lowest BCUT2D eigenvalue weighted by atomic mass is 9.76. The van der Waals surface area contributed by atoms with E-state index in [1.54, 1.807) is 4.90 Å². The Morgan fingerprint density at radius 2 is 2.20 bits per heavy atom. The standard InChI is InChI=1S/C19H22N2O4/c1-12-15(14-4-2-3-5-16(14)20-12)8-17(22)21-9-13-6-7-25-11-19(13,10-21)18(23)24/h2-5,13,20H,6-11H2,1H3,(H,23,24)/t13-,19+/m0/s1. The fourth-order valence-corrected chi connectivity index (χ4v) is 4.31. The quantitative estimate of drug-likeness (QED) is 0.893. The van der Waals surface area contributed by atoms with Crippen molar-refractivity contribution in [3.05, 3.63) is 35.5 Å². The Kier molecular flexibility index (Phi) is 3.80. The van der Waals surface area contributed by atoms with Gasteiger partial charge in [0.15, 0.2) is 0 Å². The van der Waals surface area contributed by atoms with Crippen LogP contribution in [0.3, 0.4) is 0 Å². The number of ether oxygens (including phenoxy) is 1. The number of carboxylic acid groups (broad SMARTS) is 1. The van der Waals surface area contributed by atoms with Crippen LogP contribution in [-0.2, 0) is 20.7 Å². The van der Waals surface area contributed by atoms with Crippen molar-refractivity contribution in [3.8, 4) is 0 Å². The highest BCUT2D eigenvalue weighted by Gasteiger charge is 2.55. The molecule has 0 unspecified atom stereocenters. The molecule has 2 saturated heterocycles. The van der Waals surface area contributed by atoms with E-state index in [4.69, 9.17) is 4.74 Å². The first kappa shape index (κ1) is 16.1. The monoisotopic (exact) mass is 342 g/mol. The Hall–Kier alpha value is -2.34. The summed E-state index contributed by atoms with van der Waals surface area (Å²) >= 11 is 0. The number of carboxylic acids is 1. The number of amides is 1. The van der Waals surface area contributed by atoms with Crippen LogP contribution in [0.1, 0.15) is 17.7 Å². The van der Waals surface area contributed by atoms with E-state index in [-0.39, 0.29) is 25.0 Å². The summed E-state index contributed by atoms with van der Waals surface area (Å²) in [5.41, 5.74) is 2.07. The lowest BCUT2D eigenvalue weighted by Gasteiger charge is -2.33. The van der Waals surface area contributed by atoms with Gasteiger partial charge in [-0.1, -0.05) is 18.2 Å². The average molecular weight is 342 g/mol. The van der Waals surface area contributed by atoms with Gasteiger partial charge in [-0.05, 0) is 30.9 Å². The van der Waals surface area contributed by atoms with Crippen LogP contribution in [0, 0.1) is 18.3 Å². The van der Waals surface area contributed by atoms with E-state index in [1.807, 2.05) is 31.2 Å². The summed E-state index contributed by atoms with van der Waals surface area (Å²) in [6, 6.07) is 7.94. The zero-order chi connectivity index (χ0) is 17.6. The van der Waals surface area contributed by atoms with Crippen molar-refractivity contribution in [1.29, 1.82) is 0 Å². The maximum Gasteiger partial charge on any atom is 0.314 e.